The molecule has 3 fully saturated rings. The number of aliphatic hydroxyl groups excluding tert-OH is 6. The van der Waals surface area contributed by atoms with Crippen LogP contribution < -0.4 is 76.1 Å². The summed E-state index contributed by atoms with van der Waals surface area (Å²) in [7, 11) is 0. The molecule has 13 atom stereocenters. The SMILES string of the molecule is CC(O)C1NC(=O)[C@@H](NC(=O)c2ccc(-c3nnc(-c4ccc(COc5ccccc5)cc4)s3)cc2)CC(O)CNC(=O)C2C(O)C(C)CN2C(=O)C(C(O)CC(N)=O)NC(=O)C(C(O)Cc2ccc(O)c(OSOO[O-])c2)NC(=O)C2CC(O)CN2C1=O.[Na+]. The fourth-order valence-electron chi connectivity index (χ4n) is 10.3. The Balaban J connectivity index is 0.0000115. The van der Waals surface area contributed by atoms with Crippen molar-refractivity contribution in [3.8, 4) is 38.4 Å². The second-order valence-electron chi connectivity index (χ2n) is 21.5. The number of hydrogen-bond donors (Lipinski definition) is 13. The molecule has 3 saturated heterocycles. The van der Waals surface area contributed by atoms with E-state index >= 15 is 0 Å². The monoisotopic (exact) mass is 1300 g/mol. The van der Waals surface area contributed by atoms with Crippen LogP contribution in [0, 0.1) is 5.92 Å². The number of rotatable bonds is 18. The quantitative estimate of drug-likeness (QED) is 0.0128. The number of aliphatic hydroxyl groups is 6. The van der Waals surface area contributed by atoms with E-state index in [0.717, 1.165) is 45.7 Å². The van der Waals surface area contributed by atoms with Gasteiger partial charge in [-0.15, -0.1) is 14.5 Å². The molecule has 33 heteroatoms. The number of phenols is 1. The van der Waals surface area contributed by atoms with Crippen LogP contribution in [0.4, 0.5) is 0 Å². The van der Waals surface area contributed by atoms with Gasteiger partial charge in [0.1, 0.15) is 58.6 Å². The average Bonchev–Trinajstić information content (AvgIpc) is 1.99. The maximum atomic E-state index is 14.7. The van der Waals surface area contributed by atoms with Crippen LogP contribution in [0.1, 0.15) is 54.6 Å². The van der Waals surface area contributed by atoms with Crippen LogP contribution in [0.25, 0.3) is 21.1 Å². The van der Waals surface area contributed by atoms with E-state index in [4.69, 9.17) is 14.7 Å². The molecule has 1 aromatic heterocycles. The molecule has 3 aliphatic rings. The van der Waals surface area contributed by atoms with E-state index in [1.54, 1.807) is 12.1 Å². The average molecular weight is 1300 g/mol. The first-order valence-corrected chi connectivity index (χ1v) is 29.3. The Labute approximate surface area is 544 Å². The Morgan fingerprint density at radius 3 is 2.03 bits per heavy atom. The summed E-state index contributed by atoms with van der Waals surface area (Å²) in [6.07, 6.45) is -13.7. The minimum Gasteiger partial charge on any atom is -0.691 e. The first-order chi connectivity index (χ1) is 42.5. The van der Waals surface area contributed by atoms with Crippen molar-refractivity contribution < 1.29 is 127 Å². The molecule has 0 spiro atoms. The molecule has 0 bridgehead atoms. The van der Waals surface area contributed by atoms with Crippen LogP contribution in [0.3, 0.4) is 0 Å². The summed E-state index contributed by atoms with van der Waals surface area (Å²) in [4.78, 5) is 115. The van der Waals surface area contributed by atoms with Crippen molar-refractivity contribution >= 4 is 70.9 Å². The van der Waals surface area contributed by atoms with Gasteiger partial charge in [0.05, 0.1) is 43.0 Å². The molecule has 90 heavy (non-hydrogen) atoms. The van der Waals surface area contributed by atoms with E-state index in [-0.39, 0.29) is 58.8 Å². The summed E-state index contributed by atoms with van der Waals surface area (Å²) in [5.41, 5.74) is 7.76. The Morgan fingerprint density at radius 2 is 1.39 bits per heavy atom. The third-order valence-corrected chi connectivity index (χ3v) is 16.4. The number of carbonyl (C=O) groups is 8. The standard InChI is InChI=1S/C57H66N10O20S2.Na/c1-27-24-67-47(48(27)75)53(80)59-23-34(69)20-37(60-49(76)31-13-15-33(16-14-31)55-65-64-54(88-55)32-11-8-29(9-12-32)26-84-36-6-4-3-5-7-36)50(77)61-44(28(2)68)56(81)66-25-35(70)21-38(66)51(78)62-45(52(79)63-46(57(67)82)41(73)22-43(58)74)40(72)18-30-10-17-39(71)42(19-30)85-89-87-86-83;/h3-17,19,27-28,34-35,37-38,40-41,44-48,68-73,75,83H,18,20-26H2,1-2H3,(H2,58,74)(H,59,80)(H,60,76)(H,61,77)(H,62,78)(H,63,79);/q;+1/p-1/t27?,28?,34?,35?,37-,38?,40?,41?,44?,45?,46?,47?,48?;/m0./s1. The van der Waals surface area contributed by atoms with Crippen LogP contribution in [0.2, 0.25) is 0 Å². The summed E-state index contributed by atoms with van der Waals surface area (Å²) in [6, 6.07) is 14.7. The Kier molecular flexibility index (Phi) is 24.9. The fraction of sp³-hybridized carbons (Fsp3) is 0.404. The van der Waals surface area contributed by atoms with Crippen LogP contribution in [-0.2, 0) is 56.0 Å². The molecule has 0 saturated carbocycles. The van der Waals surface area contributed by atoms with Gasteiger partial charge in [-0.1, -0.05) is 78.9 Å². The molecule has 8 amide bonds. The predicted molar refractivity (Wildman–Crippen MR) is 309 cm³/mol. The summed E-state index contributed by atoms with van der Waals surface area (Å²) in [5.74, 6) is -10.5. The smallest absolute Gasteiger partial charge is 0.691 e. The molecule has 4 heterocycles. The maximum Gasteiger partial charge on any atom is 1.00 e. The third kappa shape index (κ3) is 17.7. The number of ether oxygens (including phenoxy) is 1. The van der Waals surface area contributed by atoms with E-state index in [1.165, 1.54) is 36.5 Å². The molecular formula is C57H65N10NaO20S2. The molecule has 5 aromatic rings. The van der Waals surface area contributed by atoms with Gasteiger partial charge in [-0.3, -0.25) is 43.4 Å². The number of carbonyl (C=O) groups excluding carboxylic acids is 8. The first kappa shape index (κ1) is 70.1. The summed E-state index contributed by atoms with van der Waals surface area (Å²) in [6.45, 7) is 1.18. The molecular weight excluding hydrogens is 1230 g/mol. The minimum absolute atomic E-state index is 0. The number of aromatic nitrogens is 2. The van der Waals surface area contributed by atoms with Gasteiger partial charge in [-0.25, -0.2) is 0 Å². The Morgan fingerprint density at radius 1 is 0.767 bits per heavy atom. The van der Waals surface area contributed by atoms with E-state index in [1.807, 2.05) is 54.6 Å². The normalized spacial score (nSPS) is 24.7. The van der Waals surface area contributed by atoms with E-state index in [0.29, 0.717) is 22.2 Å². The third-order valence-electron chi connectivity index (χ3n) is 15.0. The fourth-order valence-corrected chi connectivity index (χ4v) is 11.4. The number of aromatic hydroxyl groups is 1. The van der Waals surface area contributed by atoms with Crippen molar-refractivity contribution in [2.75, 3.05) is 19.6 Å². The zero-order valence-corrected chi connectivity index (χ0v) is 52.2. The van der Waals surface area contributed by atoms with Gasteiger partial charge in [0, 0.05) is 61.5 Å². The zero-order valence-electron chi connectivity index (χ0n) is 48.5. The van der Waals surface area contributed by atoms with E-state index in [9.17, 15) is 79.4 Å². The number of fused-ring (bicyclic) bond motifs is 2. The Bertz CT molecular complexity index is 3340. The van der Waals surface area contributed by atoms with Gasteiger partial charge in [0.2, 0.25) is 41.4 Å². The van der Waals surface area contributed by atoms with E-state index < -0.39 is 177 Å². The molecule has 0 aliphatic carbocycles. The zero-order chi connectivity index (χ0) is 64.2. The van der Waals surface area contributed by atoms with Gasteiger partial charge in [0.15, 0.2) is 11.5 Å². The van der Waals surface area contributed by atoms with Crippen molar-refractivity contribution in [3.63, 3.8) is 0 Å². The van der Waals surface area contributed by atoms with Crippen molar-refractivity contribution in [1.82, 2.24) is 46.6 Å². The Hall–Kier alpha value is -7.41. The summed E-state index contributed by atoms with van der Waals surface area (Å²) >= 11 is 1.27. The molecule has 14 N–H and O–H groups in total. The summed E-state index contributed by atoms with van der Waals surface area (Å²) in [5, 5.41) is 114. The van der Waals surface area contributed by atoms with Crippen molar-refractivity contribution in [3.05, 3.63) is 114 Å². The number of amides is 8. The number of phenolic OH excluding ortho intramolecular Hbond substituents is 1. The number of nitrogens with two attached hydrogens (primary N) is 1. The molecule has 4 aromatic carbocycles. The van der Waals surface area contributed by atoms with Crippen LogP contribution in [0.5, 0.6) is 17.2 Å². The minimum atomic E-state index is -2.22. The first-order valence-electron chi connectivity index (χ1n) is 27.8. The topological polar surface area (TPSA) is 457 Å². The maximum absolute atomic E-state index is 14.7. The van der Waals surface area contributed by atoms with Gasteiger partial charge in [-0.2, -0.15) is 0 Å². The number of hydrogen-bond acceptors (Lipinski definition) is 24. The number of β-amino-alcohol motifs (C(OH)–C–C–N with tert-alkyl or cyclic N) is 1. The molecule has 0 radical (unpaired) electrons. The number of primary amides is 1. The van der Waals surface area contributed by atoms with Gasteiger partial charge in [-0.05, 0) is 54.4 Å². The van der Waals surface area contributed by atoms with Gasteiger partial charge in [0.25, 0.3) is 18.2 Å². The van der Waals surface area contributed by atoms with Crippen LogP contribution in [-0.4, -0.2) is 196 Å². The van der Waals surface area contributed by atoms with E-state index in [2.05, 4.69) is 46.2 Å². The number of nitrogens with one attached hydrogen (secondary N) is 5. The molecule has 3 aliphatic heterocycles. The number of benzene rings is 4. The second kappa shape index (κ2) is 32.0. The van der Waals surface area contributed by atoms with Crippen molar-refractivity contribution in [2.24, 2.45) is 11.7 Å². The molecule has 8 rings (SSSR count). The number of para-hydroxylation sites is 1. The van der Waals surface area contributed by atoms with Gasteiger partial charge < -0.3 is 92.0 Å². The molecule has 476 valence electrons. The molecule has 30 nitrogen and oxygen atoms in total. The second-order valence-corrected chi connectivity index (χ2v) is 23.0. The van der Waals surface area contributed by atoms with Crippen molar-refractivity contribution in [2.45, 2.75) is 119 Å². The van der Waals surface area contributed by atoms with Crippen LogP contribution in [0.15, 0.2) is 97.1 Å². The summed E-state index contributed by atoms with van der Waals surface area (Å²) < 4.78 is 15.0. The number of nitrogens with zero attached hydrogens (tertiary/aromatic N) is 4. The van der Waals surface area contributed by atoms with Crippen molar-refractivity contribution in [1.29, 1.82) is 0 Å². The largest absolute Gasteiger partial charge is 1.00 e. The predicted octanol–water partition coefficient (Wildman–Crippen LogP) is -5.85. The van der Waals surface area contributed by atoms with Gasteiger partial charge >= 0.3 is 29.6 Å². The van der Waals surface area contributed by atoms with Crippen LogP contribution >= 0.6 is 23.7 Å². The molecule has 12 unspecified atom stereocenters.